The van der Waals surface area contributed by atoms with E-state index in [-0.39, 0.29) is 5.84 Å². The molecular formula is C15H27N5. The van der Waals surface area contributed by atoms with Crippen LogP contribution >= 0.6 is 0 Å². The summed E-state index contributed by atoms with van der Waals surface area (Å²) in [5.74, 6) is 1.44. The molecule has 1 aromatic heterocycles. The Labute approximate surface area is 122 Å². The van der Waals surface area contributed by atoms with Gasteiger partial charge in [0, 0.05) is 13.1 Å². The lowest BCUT2D eigenvalue weighted by molar-refractivity contribution is 0.483. The van der Waals surface area contributed by atoms with E-state index in [1.54, 1.807) is 0 Å². The summed E-state index contributed by atoms with van der Waals surface area (Å²) in [5.41, 5.74) is 8.27. The monoisotopic (exact) mass is 277 g/mol. The molecule has 0 saturated carbocycles. The molecular weight excluding hydrogens is 250 g/mol. The molecule has 0 amide bonds. The lowest BCUT2D eigenvalue weighted by Crippen LogP contribution is -2.33. The van der Waals surface area contributed by atoms with Gasteiger partial charge in [-0.3, -0.25) is 5.41 Å². The first-order valence-corrected chi connectivity index (χ1v) is 7.39. The maximum atomic E-state index is 7.84. The van der Waals surface area contributed by atoms with Crippen LogP contribution in [0.5, 0.6) is 0 Å². The zero-order chi connectivity index (χ0) is 15.3. The number of rotatable bonds is 7. The van der Waals surface area contributed by atoms with Crippen LogP contribution in [0.1, 0.15) is 50.4 Å². The molecule has 5 heteroatoms. The molecule has 1 rings (SSSR count). The predicted octanol–water partition coefficient (Wildman–Crippen LogP) is 2.64. The fourth-order valence-electron chi connectivity index (χ4n) is 2.36. The molecule has 0 saturated heterocycles. The Morgan fingerprint density at radius 2 is 1.80 bits per heavy atom. The van der Waals surface area contributed by atoms with E-state index in [2.05, 4.69) is 35.9 Å². The van der Waals surface area contributed by atoms with E-state index in [0.29, 0.717) is 5.92 Å². The van der Waals surface area contributed by atoms with Gasteiger partial charge in [-0.15, -0.1) is 5.10 Å². The van der Waals surface area contributed by atoms with Crippen molar-refractivity contribution in [1.82, 2.24) is 10.2 Å². The third kappa shape index (κ3) is 3.46. The lowest BCUT2D eigenvalue weighted by Gasteiger charge is -2.28. The van der Waals surface area contributed by atoms with Gasteiger partial charge >= 0.3 is 0 Å². The molecule has 0 aliphatic heterocycles. The molecule has 5 nitrogen and oxygen atoms in total. The van der Waals surface area contributed by atoms with E-state index in [1.807, 2.05) is 13.8 Å². The SMILES string of the molecule is CCC(CC)CN(CC)c1nnc(C)c(C)c1C(=N)N. The van der Waals surface area contributed by atoms with Gasteiger partial charge in [-0.1, -0.05) is 26.7 Å². The molecule has 0 fully saturated rings. The van der Waals surface area contributed by atoms with Crippen LogP contribution in [0.25, 0.3) is 0 Å². The number of amidine groups is 1. The first kappa shape index (κ1) is 16.4. The molecule has 0 atom stereocenters. The minimum Gasteiger partial charge on any atom is -0.384 e. The van der Waals surface area contributed by atoms with Crippen molar-refractivity contribution in [3.05, 3.63) is 16.8 Å². The summed E-state index contributed by atoms with van der Waals surface area (Å²) in [4.78, 5) is 2.19. The van der Waals surface area contributed by atoms with Gasteiger partial charge in [-0.2, -0.15) is 5.10 Å². The second kappa shape index (κ2) is 7.22. The van der Waals surface area contributed by atoms with Crippen molar-refractivity contribution in [2.75, 3.05) is 18.0 Å². The molecule has 0 aliphatic carbocycles. The van der Waals surface area contributed by atoms with Crippen LogP contribution in [0.3, 0.4) is 0 Å². The Balaban J connectivity index is 3.21. The summed E-state index contributed by atoms with van der Waals surface area (Å²) in [6.07, 6.45) is 2.28. The zero-order valence-electron chi connectivity index (χ0n) is 13.3. The highest BCUT2D eigenvalue weighted by Gasteiger charge is 2.20. The van der Waals surface area contributed by atoms with Gasteiger partial charge in [0.2, 0.25) is 0 Å². The first-order valence-electron chi connectivity index (χ1n) is 7.39. The number of aryl methyl sites for hydroxylation is 1. The fraction of sp³-hybridized carbons (Fsp3) is 0.667. The molecule has 20 heavy (non-hydrogen) atoms. The molecule has 112 valence electrons. The summed E-state index contributed by atoms with van der Waals surface area (Å²) in [6.45, 7) is 12.1. The van der Waals surface area contributed by atoms with Gasteiger partial charge in [0.05, 0.1) is 11.3 Å². The second-order valence-corrected chi connectivity index (χ2v) is 5.24. The van der Waals surface area contributed by atoms with Gasteiger partial charge in [0.15, 0.2) is 5.82 Å². The highest BCUT2D eigenvalue weighted by Crippen LogP contribution is 2.23. The van der Waals surface area contributed by atoms with Crippen LogP contribution in [-0.4, -0.2) is 29.1 Å². The number of nitrogens with two attached hydrogens (primary N) is 1. The number of anilines is 1. The topological polar surface area (TPSA) is 78.9 Å². The summed E-state index contributed by atoms with van der Waals surface area (Å²) in [6, 6.07) is 0. The van der Waals surface area contributed by atoms with Crippen LogP contribution in [0.2, 0.25) is 0 Å². The highest BCUT2D eigenvalue weighted by atomic mass is 15.3. The Morgan fingerprint density at radius 1 is 1.20 bits per heavy atom. The lowest BCUT2D eigenvalue weighted by atomic mass is 10.0. The van der Waals surface area contributed by atoms with Crippen molar-refractivity contribution in [3.8, 4) is 0 Å². The Hall–Kier alpha value is -1.65. The maximum absolute atomic E-state index is 7.84. The fourth-order valence-corrected chi connectivity index (χ4v) is 2.36. The molecule has 0 aromatic carbocycles. The number of hydrogen-bond donors (Lipinski definition) is 2. The van der Waals surface area contributed by atoms with Crippen molar-refractivity contribution >= 4 is 11.7 Å². The summed E-state index contributed by atoms with van der Waals surface area (Å²) < 4.78 is 0. The number of nitrogens with zero attached hydrogens (tertiary/aromatic N) is 3. The molecule has 0 radical (unpaired) electrons. The van der Waals surface area contributed by atoms with Crippen LogP contribution in [-0.2, 0) is 0 Å². The first-order chi connectivity index (χ1) is 9.46. The van der Waals surface area contributed by atoms with E-state index in [1.165, 1.54) is 0 Å². The van der Waals surface area contributed by atoms with Gasteiger partial charge in [-0.05, 0) is 32.3 Å². The van der Waals surface area contributed by atoms with E-state index >= 15 is 0 Å². The summed E-state index contributed by atoms with van der Waals surface area (Å²) >= 11 is 0. The Morgan fingerprint density at radius 3 is 2.25 bits per heavy atom. The summed E-state index contributed by atoms with van der Waals surface area (Å²) in [5, 5.41) is 16.4. The van der Waals surface area contributed by atoms with Crippen molar-refractivity contribution in [2.24, 2.45) is 11.7 Å². The normalized spacial score (nSPS) is 10.9. The maximum Gasteiger partial charge on any atom is 0.162 e. The van der Waals surface area contributed by atoms with Crippen LogP contribution < -0.4 is 10.6 Å². The van der Waals surface area contributed by atoms with Gasteiger partial charge in [0.25, 0.3) is 0 Å². The van der Waals surface area contributed by atoms with Crippen molar-refractivity contribution in [2.45, 2.75) is 47.5 Å². The van der Waals surface area contributed by atoms with E-state index in [0.717, 1.165) is 48.6 Å². The average molecular weight is 277 g/mol. The van der Waals surface area contributed by atoms with E-state index < -0.39 is 0 Å². The molecule has 1 aromatic rings. The van der Waals surface area contributed by atoms with Crippen molar-refractivity contribution < 1.29 is 0 Å². The molecule has 1 heterocycles. The van der Waals surface area contributed by atoms with Gasteiger partial charge < -0.3 is 10.6 Å². The Bertz CT molecular complexity index is 466. The molecule has 0 spiro atoms. The standard InChI is InChI=1S/C15H27N5/c1-6-12(7-2)9-20(8-3)15-13(14(16)17)10(4)11(5)18-19-15/h12H,6-9H2,1-5H3,(H3,16,17). The minimum absolute atomic E-state index is 0.0681. The van der Waals surface area contributed by atoms with Crippen LogP contribution in [0, 0.1) is 25.2 Å². The van der Waals surface area contributed by atoms with Gasteiger partial charge in [-0.25, -0.2) is 0 Å². The second-order valence-electron chi connectivity index (χ2n) is 5.24. The number of aromatic nitrogens is 2. The number of nitrogen functional groups attached to an aromatic ring is 1. The molecule has 0 bridgehead atoms. The average Bonchev–Trinajstić information content (AvgIpc) is 2.43. The zero-order valence-corrected chi connectivity index (χ0v) is 13.3. The molecule has 0 aliphatic rings. The largest absolute Gasteiger partial charge is 0.384 e. The van der Waals surface area contributed by atoms with Crippen molar-refractivity contribution in [1.29, 1.82) is 5.41 Å². The molecule has 0 unspecified atom stereocenters. The van der Waals surface area contributed by atoms with Gasteiger partial charge in [0.1, 0.15) is 5.84 Å². The molecule has 3 N–H and O–H groups in total. The smallest absolute Gasteiger partial charge is 0.162 e. The predicted molar refractivity (Wildman–Crippen MR) is 84.5 cm³/mol. The Kier molecular flexibility index (Phi) is 5.92. The van der Waals surface area contributed by atoms with Crippen LogP contribution in [0.4, 0.5) is 5.82 Å². The number of nitrogens with one attached hydrogen (secondary N) is 1. The quantitative estimate of drug-likeness (QED) is 0.593. The van der Waals surface area contributed by atoms with E-state index in [9.17, 15) is 0 Å². The van der Waals surface area contributed by atoms with E-state index in [4.69, 9.17) is 11.1 Å². The number of hydrogen-bond acceptors (Lipinski definition) is 4. The highest BCUT2D eigenvalue weighted by molar-refractivity contribution is 6.01. The summed E-state index contributed by atoms with van der Waals surface area (Å²) in [7, 11) is 0. The third-order valence-corrected chi connectivity index (χ3v) is 4.02. The third-order valence-electron chi connectivity index (χ3n) is 4.02. The van der Waals surface area contributed by atoms with Crippen LogP contribution in [0.15, 0.2) is 0 Å². The van der Waals surface area contributed by atoms with Crippen molar-refractivity contribution in [3.63, 3.8) is 0 Å². The minimum atomic E-state index is 0.0681.